The highest BCUT2D eigenvalue weighted by atomic mass is 17.1. The smallest absolute Gasteiger partial charge is 0.156 e. The van der Waals surface area contributed by atoms with Gasteiger partial charge >= 0.3 is 0 Å². The molecule has 0 heterocycles. The molecule has 0 spiro atoms. The summed E-state index contributed by atoms with van der Waals surface area (Å²) < 4.78 is 0. The number of aryl methyl sites for hydroxylation is 2. The minimum Gasteiger partial charge on any atom is -0.728 e. The zero-order chi connectivity index (χ0) is 33.2. The van der Waals surface area contributed by atoms with Crippen molar-refractivity contribution < 1.29 is 19.4 Å². The maximum Gasteiger partial charge on any atom is 0.156 e. The summed E-state index contributed by atoms with van der Waals surface area (Å²) in [4.78, 5) is 23.3. The van der Waals surface area contributed by atoms with Crippen LogP contribution in [0.1, 0.15) is 153 Å². The molecule has 0 aromatic heterocycles. The van der Waals surface area contributed by atoms with Gasteiger partial charge in [0, 0.05) is 28.7 Å². The summed E-state index contributed by atoms with van der Waals surface area (Å²) in [5.41, 5.74) is 4.17. The third kappa shape index (κ3) is 9.43. The van der Waals surface area contributed by atoms with Crippen molar-refractivity contribution in [2.24, 2.45) is 0 Å². The van der Waals surface area contributed by atoms with Gasteiger partial charge in [0.25, 0.3) is 0 Å². The van der Waals surface area contributed by atoms with Crippen LogP contribution in [0.4, 0.5) is 0 Å². The summed E-state index contributed by atoms with van der Waals surface area (Å²) >= 11 is 0. The van der Waals surface area contributed by atoms with E-state index in [4.69, 9.17) is 19.4 Å². The van der Waals surface area contributed by atoms with E-state index in [9.17, 15) is 10.4 Å². The van der Waals surface area contributed by atoms with Gasteiger partial charge in [0.05, 0.1) is 11.2 Å². The Morgan fingerprint density at radius 1 is 0.600 bits per heavy atom. The number of benzene rings is 2. The van der Waals surface area contributed by atoms with E-state index in [0.29, 0.717) is 17.9 Å². The molecule has 0 unspecified atom stereocenters. The lowest BCUT2D eigenvalue weighted by molar-refractivity contribution is -0.328. The Morgan fingerprint density at radius 2 is 0.933 bits per heavy atom. The minimum atomic E-state index is -0.728. The fourth-order valence-electron chi connectivity index (χ4n) is 7.11. The van der Waals surface area contributed by atoms with Crippen molar-refractivity contribution in [2.45, 2.75) is 162 Å². The van der Waals surface area contributed by atoms with Crippen molar-refractivity contribution in [2.75, 3.05) is 0 Å². The molecule has 0 radical (unpaired) electrons. The Kier molecular flexibility index (Phi) is 11.0. The molecule has 8 heteroatoms. The maximum absolute atomic E-state index is 13.1. The monoisotopic (exact) mass is 624 g/mol. The van der Waals surface area contributed by atoms with Crippen LogP contribution in [0, 0.1) is 24.3 Å². The third-order valence-corrected chi connectivity index (χ3v) is 9.24. The van der Waals surface area contributed by atoms with Crippen molar-refractivity contribution in [3.63, 3.8) is 0 Å². The van der Waals surface area contributed by atoms with Gasteiger partial charge in [-0.3, -0.25) is 9.68 Å². The van der Waals surface area contributed by atoms with E-state index in [1.807, 2.05) is 41.5 Å². The molecule has 2 aliphatic carbocycles. The lowest BCUT2D eigenvalue weighted by atomic mass is 9.69. The number of hydrogen-bond acceptors (Lipinski definition) is 8. The van der Waals surface area contributed by atoms with Gasteiger partial charge < -0.3 is 20.1 Å². The van der Waals surface area contributed by atoms with E-state index in [0.717, 1.165) is 84.7 Å². The van der Waals surface area contributed by atoms with Gasteiger partial charge in [-0.1, -0.05) is 98.5 Å². The Bertz CT molecular complexity index is 1200. The van der Waals surface area contributed by atoms with E-state index < -0.39 is 11.2 Å². The molecule has 2 fully saturated rings. The molecule has 0 aliphatic heterocycles. The van der Waals surface area contributed by atoms with E-state index in [-0.39, 0.29) is 21.6 Å². The topological polar surface area (TPSA) is 89.5 Å². The highest BCUT2D eigenvalue weighted by Crippen LogP contribution is 2.48. The zero-order valence-corrected chi connectivity index (χ0v) is 29.4. The van der Waals surface area contributed by atoms with Crippen LogP contribution >= 0.6 is 0 Å². The molecule has 45 heavy (non-hydrogen) atoms. The third-order valence-electron chi connectivity index (χ3n) is 9.24. The summed E-state index contributed by atoms with van der Waals surface area (Å²) in [6.07, 6.45) is 11.4. The first-order valence-electron chi connectivity index (χ1n) is 16.8. The molecule has 0 saturated heterocycles. The van der Waals surface area contributed by atoms with Crippen LogP contribution in [0.25, 0.3) is 0 Å². The molecular formula is C37H56N2O6-2. The number of nitrogens with zero attached hydrogens (tertiary/aromatic N) is 2. The summed E-state index contributed by atoms with van der Waals surface area (Å²) in [6.45, 7) is 19.6. The lowest BCUT2D eigenvalue weighted by Gasteiger charge is -2.40. The average Bonchev–Trinajstić information content (AvgIpc) is 2.90. The molecule has 2 aliphatic rings. The lowest BCUT2D eigenvalue weighted by Crippen LogP contribution is -2.34. The van der Waals surface area contributed by atoms with Crippen LogP contribution < -0.4 is 9.68 Å². The quantitative estimate of drug-likeness (QED) is 0.241. The highest BCUT2D eigenvalue weighted by molar-refractivity contribution is 5.54. The normalized spacial score (nSPS) is 18.8. The van der Waals surface area contributed by atoms with Crippen LogP contribution in [0.15, 0.2) is 24.3 Å². The van der Waals surface area contributed by atoms with Crippen molar-refractivity contribution in [3.8, 4) is 11.5 Å². The highest BCUT2D eigenvalue weighted by Gasteiger charge is 2.36. The standard InChI is InChI=1S/C37H56N2O6/c1-26-21-28(32(42-38(40)44-34(3,4)5)30(23-26)36(9)17-13-11-14-18-36)25-29-22-27(2)24-31(37(10)19-15-12-16-20-37)33(29)43-39(41)45-35(6,7)8/h21-24H,11-20,25H2,1-10H3/q-2. The molecule has 0 N–H and O–H groups in total. The average molecular weight is 625 g/mol. The van der Waals surface area contributed by atoms with Gasteiger partial charge in [0.1, 0.15) is 0 Å². The predicted octanol–water partition coefficient (Wildman–Crippen LogP) is 9.99. The SMILES string of the molecule is Cc1cc(Cc2cc(C)cc(C3(C)CCCCC3)c2ON([O-])OC(C)(C)C)c(ON([O-])OC(C)(C)C)c(C2(C)CCCCC2)c1. The summed E-state index contributed by atoms with van der Waals surface area (Å²) in [5, 5.41) is 26.8. The molecule has 252 valence electrons. The molecule has 4 rings (SSSR count). The van der Waals surface area contributed by atoms with Gasteiger partial charge in [-0.15, -0.1) is 0 Å². The number of rotatable bonds is 10. The van der Waals surface area contributed by atoms with E-state index in [1.54, 1.807) is 0 Å². The largest absolute Gasteiger partial charge is 0.728 e. The fraction of sp³-hybridized carbons (Fsp3) is 0.676. The first-order valence-corrected chi connectivity index (χ1v) is 16.8. The van der Waals surface area contributed by atoms with Crippen molar-refractivity contribution in [3.05, 3.63) is 68.1 Å². The van der Waals surface area contributed by atoms with Crippen LogP contribution in [0.5, 0.6) is 11.5 Å². The van der Waals surface area contributed by atoms with E-state index in [1.165, 1.54) is 12.8 Å². The van der Waals surface area contributed by atoms with Gasteiger partial charge in [-0.2, -0.15) is 0 Å². The first-order chi connectivity index (χ1) is 20.9. The summed E-state index contributed by atoms with van der Waals surface area (Å²) in [7, 11) is 0. The molecule has 2 saturated carbocycles. The first kappa shape index (κ1) is 35.7. The molecule has 0 atom stereocenters. The van der Waals surface area contributed by atoms with Gasteiger partial charge in [0.2, 0.25) is 0 Å². The van der Waals surface area contributed by atoms with Crippen LogP contribution in [0.2, 0.25) is 0 Å². The minimum absolute atomic E-state index is 0.143. The van der Waals surface area contributed by atoms with Crippen molar-refractivity contribution >= 4 is 0 Å². The van der Waals surface area contributed by atoms with E-state index in [2.05, 4.69) is 52.0 Å². The molecule has 2 aromatic carbocycles. The second-order valence-electron chi connectivity index (χ2n) is 16.1. The van der Waals surface area contributed by atoms with Gasteiger partial charge in [-0.05, 0) is 91.9 Å². The second kappa shape index (κ2) is 13.9. The Hall–Kier alpha value is -2.20. The molecule has 8 nitrogen and oxygen atoms in total. The van der Waals surface area contributed by atoms with Crippen LogP contribution in [-0.4, -0.2) is 22.0 Å². The Morgan fingerprint density at radius 3 is 1.24 bits per heavy atom. The maximum atomic E-state index is 13.1. The fourth-order valence-corrected chi connectivity index (χ4v) is 7.11. The molecule has 0 bridgehead atoms. The summed E-state index contributed by atoms with van der Waals surface area (Å²) in [5.74, 6) is 1.04. The van der Waals surface area contributed by atoms with E-state index >= 15 is 0 Å². The van der Waals surface area contributed by atoms with Gasteiger partial charge in [-0.25, -0.2) is 0 Å². The zero-order valence-electron chi connectivity index (χ0n) is 29.4. The van der Waals surface area contributed by atoms with Crippen molar-refractivity contribution in [1.82, 2.24) is 10.8 Å². The second-order valence-corrected chi connectivity index (χ2v) is 16.1. The van der Waals surface area contributed by atoms with Crippen molar-refractivity contribution in [1.29, 1.82) is 0 Å². The van der Waals surface area contributed by atoms with Crippen LogP contribution in [-0.2, 0) is 26.9 Å². The Labute approximate surface area is 271 Å². The Balaban J connectivity index is 1.87. The molecule has 2 aromatic rings. The van der Waals surface area contributed by atoms with Crippen LogP contribution in [0.3, 0.4) is 0 Å². The predicted molar refractivity (Wildman–Crippen MR) is 179 cm³/mol. The molecular weight excluding hydrogens is 568 g/mol. The van der Waals surface area contributed by atoms with Gasteiger partial charge in [0.15, 0.2) is 11.5 Å². The number of hydrogen-bond donors (Lipinski definition) is 0. The summed E-state index contributed by atoms with van der Waals surface area (Å²) in [6, 6.07) is 8.47. The molecule has 0 amide bonds.